The molecule has 1 N–H and O–H groups in total. The van der Waals surface area contributed by atoms with E-state index >= 15 is 0 Å². The van der Waals surface area contributed by atoms with Crippen molar-refractivity contribution in [3.63, 3.8) is 0 Å². The van der Waals surface area contributed by atoms with E-state index in [1.54, 1.807) is 0 Å². The number of hydrogen-bond acceptors (Lipinski definition) is 3. The van der Waals surface area contributed by atoms with Gasteiger partial charge in [-0.2, -0.15) is 0 Å². The molecule has 0 saturated heterocycles. The maximum Gasteiger partial charge on any atom is 0.0720 e. The number of rotatable bonds is 8. The Morgan fingerprint density at radius 3 is 2.62 bits per heavy atom. The number of hydrogen-bond donors (Lipinski definition) is 1. The molecule has 0 aromatic heterocycles. The molecule has 0 saturated carbocycles. The summed E-state index contributed by atoms with van der Waals surface area (Å²) in [6, 6.07) is 10.1. The van der Waals surface area contributed by atoms with Gasteiger partial charge < -0.3 is 14.6 Å². The van der Waals surface area contributed by atoms with Gasteiger partial charge in [0, 0.05) is 6.61 Å². The Balaban J connectivity index is 2.08. The zero-order valence-corrected chi connectivity index (χ0v) is 9.76. The van der Waals surface area contributed by atoms with Crippen LogP contribution in [0.2, 0.25) is 0 Å². The molecule has 0 fully saturated rings. The zero-order chi connectivity index (χ0) is 11.6. The highest BCUT2D eigenvalue weighted by atomic mass is 16.5. The fourth-order valence-electron chi connectivity index (χ4n) is 1.31. The van der Waals surface area contributed by atoms with Crippen LogP contribution >= 0.6 is 0 Å². The topological polar surface area (TPSA) is 38.7 Å². The van der Waals surface area contributed by atoms with Gasteiger partial charge in [-0.25, -0.2) is 0 Å². The van der Waals surface area contributed by atoms with E-state index in [-0.39, 0.29) is 12.7 Å². The number of aliphatic hydroxyl groups is 1. The predicted molar refractivity (Wildman–Crippen MR) is 63.2 cm³/mol. The van der Waals surface area contributed by atoms with E-state index in [2.05, 4.69) is 12.1 Å². The van der Waals surface area contributed by atoms with Crippen LogP contribution in [0.4, 0.5) is 0 Å². The standard InChI is InChI=1S/C13H20O3/c1-12(7-9-15-10-8-14)16-11-13-5-3-2-4-6-13/h2-6,12,14H,7-11H2,1H3/t12-/m1/s1. The molecule has 0 radical (unpaired) electrons. The predicted octanol–water partition coefficient (Wildman–Crippen LogP) is 1.99. The Labute approximate surface area is 97.0 Å². The second-order valence-electron chi connectivity index (χ2n) is 3.73. The molecule has 3 heteroatoms. The zero-order valence-electron chi connectivity index (χ0n) is 9.76. The third-order valence-corrected chi connectivity index (χ3v) is 2.28. The SMILES string of the molecule is C[C@H](CCOCCO)OCc1ccccc1. The summed E-state index contributed by atoms with van der Waals surface area (Å²) in [7, 11) is 0. The molecule has 1 aromatic carbocycles. The van der Waals surface area contributed by atoms with Crippen LogP contribution in [-0.4, -0.2) is 31.0 Å². The molecule has 0 amide bonds. The summed E-state index contributed by atoms with van der Waals surface area (Å²) in [6.45, 7) is 3.80. The monoisotopic (exact) mass is 224 g/mol. The lowest BCUT2D eigenvalue weighted by molar-refractivity contribution is 0.0161. The van der Waals surface area contributed by atoms with Gasteiger partial charge in [0.1, 0.15) is 0 Å². The van der Waals surface area contributed by atoms with Crippen molar-refractivity contribution in [2.24, 2.45) is 0 Å². The molecule has 0 heterocycles. The third kappa shape index (κ3) is 5.85. The average Bonchev–Trinajstić information content (AvgIpc) is 2.33. The highest BCUT2D eigenvalue weighted by Crippen LogP contribution is 2.05. The molecular formula is C13H20O3. The summed E-state index contributed by atoms with van der Waals surface area (Å²) in [5.41, 5.74) is 1.19. The van der Waals surface area contributed by atoms with Gasteiger partial charge in [0.2, 0.25) is 0 Å². The Morgan fingerprint density at radius 2 is 1.94 bits per heavy atom. The molecule has 0 aliphatic heterocycles. The van der Waals surface area contributed by atoms with Crippen molar-refractivity contribution >= 4 is 0 Å². The second kappa shape index (κ2) is 8.28. The van der Waals surface area contributed by atoms with E-state index in [1.165, 1.54) is 5.56 Å². The molecule has 0 bridgehead atoms. The van der Waals surface area contributed by atoms with E-state index in [0.29, 0.717) is 19.8 Å². The number of benzene rings is 1. The quantitative estimate of drug-likeness (QED) is 0.686. The molecule has 0 spiro atoms. The van der Waals surface area contributed by atoms with Gasteiger partial charge in [0.25, 0.3) is 0 Å². The van der Waals surface area contributed by atoms with Crippen molar-refractivity contribution in [2.75, 3.05) is 19.8 Å². The Morgan fingerprint density at radius 1 is 1.19 bits per heavy atom. The lowest BCUT2D eigenvalue weighted by atomic mass is 10.2. The highest BCUT2D eigenvalue weighted by molar-refractivity contribution is 5.13. The smallest absolute Gasteiger partial charge is 0.0720 e. The van der Waals surface area contributed by atoms with Gasteiger partial charge in [-0.3, -0.25) is 0 Å². The second-order valence-corrected chi connectivity index (χ2v) is 3.73. The third-order valence-electron chi connectivity index (χ3n) is 2.28. The minimum absolute atomic E-state index is 0.0826. The van der Waals surface area contributed by atoms with Crippen LogP contribution in [0.25, 0.3) is 0 Å². The Bertz CT molecular complexity index is 261. The van der Waals surface area contributed by atoms with E-state index in [1.807, 2.05) is 25.1 Å². The summed E-state index contributed by atoms with van der Waals surface area (Å²) in [5.74, 6) is 0. The van der Waals surface area contributed by atoms with E-state index in [9.17, 15) is 0 Å². The van der Waals surface area contributed by atoms with Crippen molar-refractivity contribution in [3.8, 4) is 0 Å². The van der Waals surface area contributed by atoms with Crippen molar-refractivity contribution in [2.45, 2.75) is 26.1 Å². The van der Waals surface area contributed by atoms with Crippen LogP contribution in [0.5, 0.6) is 0 Å². The van der Waals surface area contributed by atoms with Crippen LogP contribution in [0.15, 0.2) is 30.3 Å². The molecule has 0 aliphatic rings. The maximum absolute atomic E-state index is 8.53. The Hall–Kier alpha value is -0.900. The van der Waals surface area contributed by atoms with Crippen molar-refractivity contribution in [1.82, 2.24) is 0 Å². The van der Waals surface area contributed by atoms with Crippen LogP contribution in [0.1, 0.15) is 18.9 Å². The number of ether oxygens (including phenoxy) is 2. The fourth-order valence-corrected chi connectivity index (χ4v) is 1.31. The lowest BCUT2D eigenvalue weighted by Crippen LogP contribution is -2.12. The van der Waals surface area contributed by atoms with Gasteiger partial charge in [-0.1, -0.05) is 30.3 Å². The van der Waals surface area contributed by atoms with Crippen LogP contribution in [0, 0.1) is 0 Å². The fraction of sp³-hybridized carbons (Fsp3) is 0.538. The molecule has 0 unspecified atom stereocenters. The van der Waals surface area contributed by atoms with Gasteiger partial charge in [-0.05, 0) is 18.9 Å². The molecule has 1 aromatic rings. The summed E-state index contributed by atoms with van der Waals surface area (Å²) in [6.07, 6.45) is 1.03. The van der Waals surface area contributed by atoms with E-state index in [0.717, 1.165) is 6.42 Å². The van der Waals surface area contributed by atoms with Gasteiger partial charge >= 0.3 is 0 Å². The minimum atomic E-state index is 0.0826. The summed E-state index contributed by atoms with van der Waals surface area (Å²) in [4.78, 5) is 0. The summed E-state index contributed by atoms with van der Waals surface area (Å²) >= 11 is 0. The summed E-state index contributed by atoms with van der Waals surface area (Å²) < 4.78 is 10.8. The first-order chi connectivity index (χ1) is 7.83. The van der Waals surface area contributed by atoms with E-state index in [4.69, 9.17) is 14.6 Å². The van der Waals surface area contributed by atoms with E-state index < -0.39 is 0 Å². The first kappa shape index (κ1) is 13.2. The van der Waals surface area contributed by atoms with Crippen LogP contribution < -0.4 is 0 Å². The molecule has 16 heavy (non-hydrogen) atoms. The Kier molecular flexibility index (Phi) is 6.81. The normalized spacial score (nSPS) is 12.6. The highest BCUT2D eigenvalue weighted by Gasteiger charge is 2.02. The average molecular weight is 224 g/mol. The van der Waals surface area contributed by atoms with Crippen LogP contribution in [-0.2, 0) is 16.1 Å². The van der Waals surface area contributed by atoms with Crippen molar-refractivity contribution < 1.29 is 14.6 Å². The molecule has 90 valence electrons. The van der Waals surface area contributed by atoms with Crippen LogP contribution in [0.3, 0.4) is 0 Å². The minimum Gasteiger partial charge on any atom is -0.394 e. The van der Waals surface area contributed by atoms with Gasteiger partial charge in [-0.15, -0.1) is 0 Å². The molecule has 0 aliphatic carbocycles. The molecular weight excluding hydrogens is 204 g/mol. The van der Waals surface area contributed by atoms with Crippen molar-refractivity contribution in [1.29, 1.82) is 0 Å². The van der Waals surface area contributed by atoms with Crippen molar-refractivity contribution in [3.05, 3.63) is 35.9 Å². The number of aliphatic hydroxyl groups excluding tert-OH is 1. The molecule has 3 nitrogen and oxygen atoms in total. The van der Waals surface area contributed by atoms with Gasteiger partial charge in [0.15, 0.2) is 0 Å². The lowest BCUT2D eigenvalue weighted by Gasteiger charge is -2.13. The first-order valence-corrected chi connectivity index (χ1v) is 5.67. The molecule has 1 atom stereocenters. The first-order valence-electron chi connectivity index (χ1n) is 5.67. The van der Waals surface area contributed by atoms with Gasteiger partial charge in [0.05, 0.1) is 25.9 Å². The molecule has 1 rings (SSSR count). The largest absolute Gasteiger partial charge is 0.394 e. The summed E-state index contributed by atoms with van der Waals surface area (Å²) in [5, 5.41) is 8.53. The maximum atomic E-state index is 8.53.